The summed E-state index contributed by atoms with van der Waals surface area (Å²) in [7, 11) is 0. The summed E-state index contributed by atoms with van der Waals surface area (Å²) in [4.78, 5) is 0. The molecule has 4 saturated carbocycles. The van der Waals surface area contributed by atoms with Crippen molar-refractivity contribution in [3.63, 3.8) is 0 Å². The van der Waals surface area contributed by atoms with E-state index in [1.54, 1.807) is 0 Å². The fourth-order valence-electron chi connectivity index (χ4n) is 9.29. The van der Waals surface area contributed by atoms with Crippen molar-refractivity contribution in [1.29, 1.82) is 0 Å². The highest BCUT2D eigenvalue weighted by atomic mass is 16.4. The number of aliphatic hydroxyl groups is 6. The molecule has 4 aliphatic carbocycles. The molecule has 4 aliphatic rings. The molecule has 0 saturated heterocycles. The molecule has 0 aromatic heterocycles. The highest BCUT2D eigenvalue weighted by molar-refractivity contribution is 5.14. The summed E-state index contributed by atoms with van der Waals surface area (Å²) in [5.41, 5.74) is -1.54. The molecule has 33 heavy (non-hydrogen) atoms. The van der Waals surface area contributed by atoms with Gasteiger partial charge in [-0.1, -0.05) is 33.6 Å². The van der Waals surface area contributed by atoms with Crippen LogP contribution >= 0.6 is 0 Å². The molecule has 4 fully saturated rings. The quantitative estimate of drug-likeness (QED) is 0.341. The van der Waals surface area contributed by atoms with Crippen molar-refractivity contribution in [2.24, 2.45) is 46.3 Å². The summed E-state index contributed by atoms with van der Waals surface area (Å²) < 4.78 is 0. The number of rotatable bonds is 7. The number of aliphatic hydroxyl groups excluding tert-OH is 5. The van der Waals surface area contributed by atoms with E-state index in [2.05, 4.69) is 20.8 Å². The monoisotopic (exact) mass is 468 g/mol. The summed E-state index contributed by atoms with van der Waals surface area (Å²) in [5.74, 6) is 1.90. The third-order valence-corrected chi connectivity index (χ3v) is 11.4. The van der Waals surface area contributed by atoms with Crippen molar-refractivity contribution in [2.75, 3.05) is 13.2 Å². The van der Waals surface area contributed by atoms with Gasteiger partial charge in [0.25, 0.3) is 0 Å². The third-order valence-electron chi connectivity index (χ3n) is 11.4. The normalized spacial score (nSPS) is 48.6. The molecule has 0 unspecified atom stereocenters. The van der Waals surface area contributed by atoms with Gasteiger partial charge in [0.1, 0.15) is 5.60 Å². The van der Waals surface area contributed by atoms with E-state index < -0.39 is 18.8 Å². The van der Waals surface area contributed by atoms with Gasteiger partial charge in [-0.05, 0) is 97.7 Å². The summed E-state index contributed by atoms with van der Waals surface area (Å²) in [6.45, 7) is 6.00. The Morgan fingerprint density at radius 3 is 2.30 bits per heavy atom. The van der Waals surface area contributed by atoms with Gasteiger partial charge in [-0.2, -0.15) is 0 Å². The van der Waals surface area contributed by atoms with Crippen LogP contribution in [0.2, 0.25) is 0 Å². The predicted octanol–water partition coefficient (Wildman–Crippen LogP) is 2.47. The van der Waals surface area contributed by atoms with Crippen LogP contribution in [0.3, 0.4) is 0 Å². The van der Waals surface area contributed by atoms with E-state index in [9.17, 15) is 30.6 Å². The molecule has 0 spiro atoms. The lowest BCUT2D eigenvalue weighted by Gasteiger charge is -2.63. The maximum Gasteiger partial charge on any atom is 0.111 e. The minimum absolute atomic E-state index is 0.0915. The lowest BCUT2D eigenvalue weighted by molar-refractivity contribution is -0.207. The highest BCUT2D eigenvalue weighted by Crippen LogP contribution is 2.68. The van der Waals surface area contributed by atoms with Crippen molar-refractivity contribution in [3.05, 3.63) is 0 Å². The van der Waals surface area contributed by atoms with Gasteiger partial charge in [0.05, 0.1) is 31.5 Å². The molecular weight excluding hydrogens is 420 g/mol. The van der Waals surface area contributed by atoms with Crippen LogP contribution < -0.4 is 0 Å². The van der Waals surface area contributed by atoms with E-state index in [1.807, 2.05) is 0 Å². The largest absolute Gasteiger partial charge is 0.393 e. The Balaban J connectivity index is 1.50. The Labute approximate surface area is 199 Å². The van der Waals surface area contributed by atoms with Crippen LogP contribution in [0.25, 0.3) is 0 Å². The first-order valence-corrected chi connectivity index (χ1v) is 13.5. The SMILES string of the molecule is C[C@H](CCCC(O)(CO)CO)[C@H]1CC[C@@H]2[C@@H]3[C@H](O)C[C@@H]4C[C@H](O)CC[C@]4(C)[C@@H]3C[C@H](O)[C@@]21C. The maximum atomic E-state index is 11.6. The Hall–Kier alpha value is -0.240. The van der Waals surface area contributed by atoms with Crippen LogP contribution in [0, 0.1) is 46.3 Å². The Morgan fingerprint density at radius 2 is 1.64 bits per heavy atom. The Bertz CT molecular complexity index is 682. The molecule has 192 valence electrons. The molecule has 0 bridgehead atoms. The smallest absolute Gasteiger partial charge is 0.111 e. The van der Waals surface area contributed by atoms with E-state index >= 15 is 0 Å². The van der Waals surface area contributed by atoms with Crippen LogP contribution in [0.1, 0.15) is 85.0 Å². The second-order valence-corrected chi connectivity index (χ2v) is 12.9. The van der Waals surface area contributed by atoms with Gasteiger partial charge in [0.15, 0.2) is 0 Å². The average molecular weight is 469 g/mol. The zero-order chi connectivity index (χ0) is 24.2. The topological polar surface area (TPSA) is 121 Å². The molecule has 11 atom stereocenters. The van der Waals surface area contributed by atoms with E-state index in [0.29, 0.717) is 36.0 Å². The van der Waals surface area contributed by atoms with Crippen LogP contribution in [-0.4, -0.2) is 67.8 Å². The minimum Gasteiger partial charge on any atom is -0.393 e. The second kappa shape index (κ2) is 9.33. The molecule has 6 heteroatoms. The molecular formula is C27H48O6. The van der Waals surface area contributed by atoms with Gasteiger partial charge in [-0.15, -0.1) is 0 Å². The molecule has 0 radical (unpaired) electrons. The van der Waals surface area contributed by atoms with Crippen molar-refractivity contribution >= 4 is 0 Å². The van der Waals surface area contributed by atoms with Crippen molar-refractivity contribution in [2.45, 2.75) is 109 Å². The van der Waals surface area contributed by atoms with E-state index in [0.717, 1.165) is 57.8 Å². The fraction of sp³-hybridized carbons (Fsp3) is 1.00. The minimum atomic E-state index is -1.41. The van der Waals surface area contributed by atoms with E-state index in [1.165, 1.54) is 0 Å². The summed E-state index contributed by atoms with van der Waals surface area (Å²) in [6.07, 6.45) is 7.20. The first-order valence-electron chi connectivity index (χ1n) is 13.5. The lowest BCUT2D eigenvalue weighted by atomic mass is 9.43. The number of fused-ring (bicyclic) bond motifs is 5. The van der Waals surface area contributed by atoms with Crippen molar-refractivity contribution < 1.29 is 30.6 Å². The highest BCUT2D eigenvalue weighted by Gasteiger charge is 2.65. The van der Waals surface area contributed by atoms with Gasteiger partial charge >= 0.3 is 0 Å². The summed E-state index contributed by atoms with van der Waals surface area (Å²) >= 11 is 0. The molecule has 0 amide bonds. The van der Waals surface area contributed by atoms with Gasteiger partial charge in [0, 0.05) is 0 Å². The molecule has 4 rings (SSSR count). The third kappa shape index (κ3) is 4.21. The first-order chi connectivity index (χ1) is 15.5. The number of hydrogen-bond donors (Lipinski definition) is 6. The zero-order valence-electron chi connectivity index (χ0n) is 20.9. The van der Waals surface area contributed by atoms with Crippen molar-refractivity contribution in [1.82, 2.24) is 0 Å². The molecule has 6 nitrogen and oxygen atoms in total. The van der Waals surface area contributed by atoms with Crippen molar-refractivity contribution in [3.8, 4) is 0 Å². The van der Waals surface area contributed by atoms with Gasteiger partial charge in [-0.3, -0.25) is 0 Å². The Morgan fingerprint density at radius 1 is 0.939 bits per heavy atom. The molecule has 0 heterocycles. The van der Waals surface area contributed by atoms with E-state index in [-0.39, 0.29) is 35.1 Å². The van der Waals surface area contributed by atoms with Crippen LogP contribution in [0.15, 0.2) is 0 Å². The van der Waals surface area contributed by atoms with Crippen LogP contribution in [0.5, 0.6) is 0 Å². The molecule has 6 N–H and O–H groups in total. The lowest BCUT2D eigenvalue weighted by Crippen LogP contribution is -2.62. The van der Waals surface area contributed by atoms with Gasteiger partial charge < -0.3 is 30.6 Å². The van der Waals surface area contributed by atoms with Gasteiger partial charge in [-0.25, -0.2) is 0 Å². The standard InChI is InChI=1S/C27H48O6/c1-16(5-4-9-27(33,14-28)15-29)19-6-7-20-24-21(13-23(32)26(19,20)3)25(2)10-8-18(30)11-17(25)12-22(24)31/h16-24,28-33H,4-15H2,1-3H3/t16-,17+,18-,19-,20-,21-,22-,23+,24+,25+,26-/m1/s1. The fourth-order valence-corrected chi connectivity index (χ4v) is 9.29. The first kappa shape index (κ1) is 25.8. The maximum absolute atomic E-state index is 11.6. The summed E-state index contributed by atoms with van der Waals surface area (Å²) in [5, 5.41) is 62.2. The van der Waals surface area contributed by atoms with Gasteiger partial charge in [0.2, 0.25) is 0 Å². The molecule has 0 aromatic carbocycles. The molecule has 0 aliphatic heterocycles. The number of hydrogen-bond acceptors (Lipinski definition) is 6. The zero-order valence-corrected chi connectivity index (χ0v) is 20.9. The summed E-state index contributed by atoms with van der Waals surface area (Å²) in [6, 6.07) is 0. The average Bonchev–Trinajstić information content (AvgIpc) is 3.14. The van der Waals surface area contributed by atoms with Crippen LogP contribution in [0.4, 0.5) is 0 Å². The second-order valence-electron chi connectivity index (χ2n) is 12.9. The van der Waals surface area contributed by atoms with Crippen LogP contribution in [-0.2, 0) is 0 Å². The Kier molecular flexibility index (Phi) is 7.30. The predicted molar refractivity (Wildman–Crippen MR) is 126 cm³/mol. The molecule has 0 aromatic rings. The van der Waals surface area contributed by atoms with E-state index in [4.69, 9.17) is 0 Å².